The molecule has 6 heteroatoms. The predicted molar refractivity (Wildman–Crippen MR) is 66.2 cm³/mol. The van der Waals surface area contributed by atoms with Gasteiger partial charge in [-0.05, 0) is 19.8 Å². The first-order valence-electron chi connectivity index (χ1n) is 5.90. The second kappa shape index (κ2) is 4.81. The van der Waals surface area contributed by atoms with Gasteiger partial charge in [-0.25, -0.2) is 15.0 Å². The fourth-order valence-corrected chi connectivity index (χ4v) is 1.65. The summed E-state index contributed by atoms with van der Waals surface area (Å²) in [5, 5.41) is 14.4. The topological polar surface area (TPSA) is 76.7 Å². The Morgan fingerprint density at radius 3 is 2.50 bits per heavy atom. The van der Waals surface area contributed by atoms with Gasteiger partial charge < -0.3 is 5.11 Å². The van der Waals surface area contributed by atoms with Crippen molar-refractivity contribution in [2.75, 3.05) is 0 Å². The van der Waals surface area contributed by atoms with Gasteiger partial charge in [0.2, 0.25) is 0 Å². The van der Waals surface area contributed by atoms with Crippen LogP contribution in [0, 0.1) is 19.8 Å². The average Bonchev–Trinajstić information content (AvgIpc) is 2.70. The molecule has 0 aliphatic heterocycles. The predicted octanol–water partition coefficient (Wildman–Crippen LogP) is 1.36. The van der Waals surface area contributed by atoms with Crippen LogP contribution in [-0.4, -0.2) is 29.8 Å². The largest absolute Gasteiger partial charge is 0.385 e. The van der Waals surface area contributed by atoms with E-state index in [0.717, 1.165) is 0 Å². The van der Waals surface area contributed by atoms with Gasteiger partial charge in [0.25, 0.3) is 0 Å². The molecule has 0 aliphatic carbocycles. The number of aromatic nitrogens is 5. The maximum absolute atomic E-state index is 10.2. The molecule has 2 heterocycles. The van der Waals surface area contributed by atoms with Gasteiger partial charge in [0.15, 0.2) is 11.6 Å². The molecule has 0 bridgehead atoms. The zero-order valence-corrected chi connectivity index (χ0v) is 11.0. The number of hydrogen-bond acceptors (Lipinski definition) is 5. The molecule has 0 saturated heterocycles. The molecule has 0 fully saturated rings. The van der Waals surface area contributed by atoms with E-state index >= 15 is 0 Å². The van der Waals surface area contributed by atoms with E-state index in [1.165, 1.54) is 0 Å². The Kier molecular flexibility index (Phi) is 3.38. The van der Waals surface area contributed by atoms with Gasteiger partial charge in [0, 0.05) is 12.3 Å². The summed E-state index contributed by atoms with van der Waals surface area (Å²) < 4.78 is 1.58. The first-order chi connectivity index (χ1) is 8.49. The Balaban J connectivity index is 2.51. The molecular formula is C12H17N5O. The Morgan fingerprint density at radius 1 is 1.17 bits per heavy atom. The van der Waals surface area contributed by atoms with E-state index in [-0.39, 0.29) is 5.92 Å². The van der Waals surface area contributed by atoms with Crippen molar-refractivity contribution in [3.63, 3.8) is 0 Å². The minimum atomic E-state index is -0.665. The zero-order chi connectivity index (χ0) is 13.3. The lowest BCUT2D eigenvalue weighted by atomic mass is 10.1. The van der Waals surface area contributed by atoms with Crippen LogP contribution in [0.3, 0.4) is 0 Å². The number of rotatable bonds is 3. The summed E-state index contributed by atoms with van der Waals surface area (Å²) in [5.74, 6) is 2.47. The Morgan fingerprint density at radius 2 is 1.89 bits per heavy atom. The van der Waals surface area contributed by atoms with E-state index in [9.17, 15) is 5.11 Å². The normalized spacial score (nSPS) is 13.0. The lowest BCUT2D eigenvalue weighted by molar-refractivity contribution is 0.115. The van der Waals surface area contributed by atoms with Crippen molar-refractivity contribution in [1.82, 2.24) is 24.7 Å². The van der Waals surface area contributed by atoms with Gasteiger partial charge >= 0.3 is 0 Å². The molecule has 0 radical (unpaired) electrons. The summed E-state index contributed by atoms with van der Waals surface area (Å²) in [5.41, 5.74) is 0. The molecular weight excluding hydrogens is 230 g/mol. The van der Waals surface area contributed by atoms with E-state index in [2.05, 4.69) is 20.1 Å². The first kappa shape index (κ1) is 12.6. The highest BCUT2D eigenvalue weighted by Gasteiger charge is 2.21. The third kappa shape index (κ3) is 2.38. The first-order valence-corrected chi connectivity index (χ1v) is 5.90. The lowest BCUT2D eigenvalue weighted by Gasteiger charge is -2.14. The van der Waals surface area contributed by atoms with E-state index in [1.54, 1.807) is 23.9 Å². The van der Waals surface area contributed by atoms with E-state index in [1.807, 2.05) is 20.8 Å². The van der Waals surface area contributed by atoms with Crippen LogP contribution in [-0.2, 0) is 0 Å². The number of aliphatic hydroxyl groups is 1. The summed E-state index contributed by atoms with van der Waals surface area (Å²) in [4.78, 5) is 12.6. The number of aryl methyl sites for hydroxylation is 2. The number of nitrogens with zero attached hydrogens (tertiary/aromatic N) is 5. The van der Waals surface area contributed by atoms with Crippen LogP contribution in [0.15, 0.2) is 12.3 Å². The molecule has 0 saturated carbocycles. The quantitative estimate of drug-likeness (QED) is 0.886. The van der Waals surface area contributed by atoms with Crippen LogP contribution in [0.5, 0.6) is 0 Å². The summed E-state index contributed by atoms with van der Waals surface area (Å²) in [6.07, 6.45) is 1.00. The summed E-state index contributed by atoms with van der Waals surface area (Å²) in [7, 11) is 0. The minimum absolute atomic E-state index is 0.0651. The standard InChI is InChI=1S/C12H17N5O/c1-7(2)11(18)12-15-9(4)16-17(12)10-5-6-13-8(3)14-10/h5-7,11,18H,1-4H3. The van der Waals surface area contributed by atoms with Crippen molar-refractivity contribution in [2.24, 2.45) is 5.92 Å². The molecule has 0 amide bonds. The Hall–Kier alpha value is -1.82. The van der Waals surface area contributed by atoms with Gasteiger partial charge in [-0.2, -0.15) is 4.68 Å². The Labute approximate surface area is 106 Å². The summed E-state index contributed by atoms with van der Waals surface area (Å²) in [6, 6.07) is 1.75. The van der Waals surface area contributed by atoms with E-state index in [0.29, 0.717) is 23.3 Å². The van der Waals surface area contributed by atoms with Crippen molar-refractivity contribution >= 4 is 0 Å². The SMILES string of the molecule is Cc1nccc(-n2nc(C)nc2C(O)C(C)C)n1. The maximum atomic E-state index is 10.2. The number of hydrogen-bond donors (Lipinski definition) is 1. The van der Waals surface area contributed by atoms with Crippen molar-refractivity contribution in [3.05, 3.63) is 29.7 Å². The third-order valence-corrected chi connectivity index (χ3v) is 2.61. The smallest absolute Gasteiger partial charge is 0.163 e. The van der Waals surface area contributed by atoms with Gasteiger partial charge in [-0.15, -0.1) is 5.10 Å². The molecule has 6 nitrogen and oxygen atoms in total. The molecule has 1 N–H and O–H groups in total. The van der Waals surface area contributed by atoms with Crippen molar-refractivity contribution in [1.29, 1.82) is 0 Å². The highest BCUT2D eigenvalue weighted by Crippen LogP contribution is 2.21. The highest BCUT2D eigenvalue weighted by atomic mass is 16.3. The molecule has 18 heavy (non-hydrogen) atoms. The molecule has 0 aliphatic rings. The second-order valence-electron chi connectivity index (χ2n) is 4.58. The molecule has 2 rings (SSSR count). The molecule has 1 atom stereocenters. The summed E-state index contributed by atoms with van der Waals surface area (Å²) in [6.45, 7) is 7.47. The molecule has 2 aromatic rings. The maximum Gasteiger partial charge on any atom is 0.163 e. The molecule has 1 unspecified atom stereocenters. The minimum Gasteiger partial charge on any atom is -0.385 e. The van der Waals surface area contributed by atoms with Gasteiger partial charge in [-0.3, -0.25) is 0 Å². The van der Waals surface area contributed by atoms with Gasteiger partial charge in [0.05, 0.1) is 0 Å². The fraction of sp³-hybridized carbons (Fsp3) is 0.500. The van der Waals surface area contributed by atoms with Gasteiger partial charge in [0.1, 0.15) is 17.8 Å². The van der Waals surface area contributed by atoms with Crippen molar-refractivity contribution in [2.45, 2.75) is 33.8 Å². The van der Waals surface area contributed by atoms with Crippen LogP contribution in [0.25, 0.3) is 5.82 Å². The van der Waals surface area contributed by atoms with Crippen LogP contribution < -0.4 is 0 Å². The van der Waals surface area contributed by atoms with E-state index in [4.69, 9.17) is 0 Å². The monoisotopic (exact) mass is 247 g/mol. The van der Waals surface area contributed by atoms with Crippen molar-refractivity contribution in [3.8, 4) is 5.82 Å². The lowest BCUT2D eigenvalue weighted by Crippen LogP contribution is -2.14. The van der Waals surface area contributed by atoms with Crippen LogP contribution >= 0.6 is 0 Å². The zero-order valence-electron chi connectivity index (χ0n) is 11.0. The average molecular weight is 247 g/mol. The molecule has 96 valence electrons. The highest BCUT2D eigenvalue weighted by molar-refractivity contribution is 5.22. The third-order valence-electron chi connectivity index (χ3n) is 2.61. The van der Waals surface area contributed by atoms with Gasteiger partial charge in [-0.1, -0.05) is 13.8 Å². The van der Waals surface area contributed by atoms with Crippen LogP contribution in [0.1, 0.15) is 37.4 Å². The summed E-state index contributed by atoms with van der Waals surface area (Å²) >= 11 is 0. The fourth-order valence-electron chi connectivity index (χ4n) is 1.65. The van der Waals surface area contributed by atoms with E-state index < -0.39 is 6.10 Å². The number of aliphatic hydroxyl groups excluding tert-OH is 1. The van der Waals surface area contributed by atoms with Crippen molar-refractivity contribution < 1.29 is 5.11 Å². The Bertz CT molecular complexity index is 549. The van der Waals surface area contributed by atoms with Crippen LogP contribution in [0.4, 0.5) is 0 Å². The molecule has 0 spiro atoms. The second-order valence-corrected chi connectivity index (χ2v) is 4.58. The van der Waals surface area contributed by atoms with Crippen LogP contribution in [0.2, 0.25) is 0 Å². The molecule has 2 aromatic heterocycles. The molecule has 0 aromatic carbocycles.